The van der Waals surface area contributed by atoms with Gasteiger partial charge in [-0.25, -0.2) is 23.3 Å². The molecule has 0 aliphatic carbocycles. The summed E-state index contributed by atoms with van der Waals surface area (Å²) < 4.78 is 28.5. The Morgan fingerprint density at radius 1 is 1.03 bits per heavy atom. The maximum atomic E-state index is 12.4. The molecule has 0 radical (unpaired) electrons. The summed E-state index contributed by atoms with van der Waals surface area (Å²) in [5, 5.41) is 10.9. The van der Waals surface area contributed by atoms with Crippen LogP contribution in [0.3, 0.4) is 0 Å². The number of para-hydroxylation sites is 1. The van der Waals surface area contributed by atoms with Gasteiger partial charge in [0.1, 0.15) is 22.2 Å². The van der Waals surface area contributed by atoms with Gasteiger partial charge in [0.25, 0.3) is 0 Å². The van der Waals surface area contributed by atoms with Crippen molar-refractivity contribution in [2.24, 2.45) is 5.14 Å². The Morgan fingerprint density at radius 3 is 2.41 bits per heavy atom. The van der Waals surface area contributed by atoms with Crippen molar-refractivity contribution in [3.8, 4) is 11.5 Å². The molecule has 9 nitrogen and oxygen atoms in total. The number of pyridine rings is 1. The van der Waals surface area contributed by atoms with E-state index in [0.29, 0.717) is 30.3 Å². The van der Waals surface area contributed by atoms with E-state index < -0.39 is 10.0 Å². The number of nitrogens with zero attached hydrogens (tertiary/aromatic N) is 2. The molecule has 2 heterocycles. The van der Waals surface area contributed by atoms with Gasteiger partial charge in [0.2, 0.25) is 10.0 Å². The molecule has 2 amide bonds. The van der Waals surface area contributed by atoms with Gasteiger partial charge in [-0.3, -0.25) is 0 Å². The molecular weight excluding hydrogens is 430 g/mol. The zero-order valence-electron chi connectivity index (χ0n) is 17.1. The van der Waals surface area contributed by atoms with E-state index in [1.807, 2.05) is 35.2 Å². The van der Waals surface area contributed by atoms with Crippen LogP contribution in [0.1, 0.15) is 6.42 Å². The fraction of sp³-hybridized carbons (Fsp3) is 0.182. The van der Waals surface area contributed by atoms with Crippen molar-refractivity contribution in [1.82, 2.24) is 10.3 Å². The topological polar surface area (TPSA) is 127 Å². The first-order chi connectivity index (χ1) is 15.4. The van der Waals surface area contributed by atoms with Gasteiger partial charge in [-0.1, -0.05) is 18.2 Å². The van der Waals surface area contributed by atoms with E-state index in [-0.39, 0.29) is 17.0 Å². The molecule has 1 aromatic heterocycles. The summed E-state index contributed by atoms with van der Waals surface area (Å²) >= 11 is 0. The average molecular weight is 454 g/mol. The number of primary sulfonamides is 1. The number of hydrogen-bond donors (Lipinski definition) is 3. The lowest BCUT2D eigenvalue weighted by atomic mass is 10.2. The molecule has 1 aliphatic heterocycles. The second kappa shape index (κ2) is 9.25. The minimum absolute atomic E-state index is 0.0327. The molecule has 2 aromatic carbocycles. The van der Waals surface area contributed by atoms with Crippen LogP contribution in [-0.2, 0) is 10.0 Å². The smallest absolute Gasteiger partial charge is 0.319 e. The van der Waals surface area contributed by atoms with Crippen molar-refractivity contribution in [1.29, 1.82) is 0 Å². The van der Waals surface area contributed by atoms with Crippen LogP contribution < -0.4 is 25.4 Å². The van der Waals surface area contributed by atoms with E-state index in [2.05, 4.69) is 15.6 Å². The number of rotatable bonds is 6. The molecule has 1 fully saturated rings. The van der Waals surface area contributed by atoms with Gasteiger partial charge >= 0.3 is 6.03 Å². The SMILES string of the molecule is NS(=O)(=O)c1ccc(N2CC[C@@H](NC(=O)Nc3ccc(Oc4ccccc4)cc3)C2)nc1. The van der Waals surface area contributed by atoms with Crippen LogP contribution in [0, 0.1) is 0 Å². The number of carbonyl (C=O) groups excluding carboxylic acids is 1. The Bertz CT molecular complexity index is 1170. The first-order valence-electron chi connectivity index (χ1n) is 10.0. The Labute approximate surface area is 186 Å². The molecule has 4 N–H and O–H groups in total. The average Bonchev–Trinajstić information content (AvgIpc) is 3.24. The van der Waals surface area contributed by atoms with Gasteiger partial charge in [-0.05, 0) is 55.0 Å². The van der Waals surface area contributed by atoms with Crippen molar-refractivity contribution in [2.45, 2.75) is 17.4 Å². The van der Waals surface area contributed by atoms with Crippen molar-refractivity contribution in [2.75, 3.05) is 23.3 Å². The molecule has 0 spiro atoms. The van der Waals surface area contributed by atoms with E-state index in [0.717, 1.165) is 12.2 Å². The fourth-order valence-electron chi connectivity index (χ4n) is 3.40. The summed E-state index contributed by atoms with van der Waals surface area (Å²) in [6.07, 6.45) is 1.99. The van der Waals surface area contributed by atoms with Crippen LogP contribution in [0.25, 0.3) is 0 Å². The largest absolute Gasteiger partial charge is 0.457 e. The maximum absolute atomic E-state index is 12.4. The van der Waals surface area contributed by atoms with E-state index in [9.17, 15) is 13.2 Å². The summed E-state index contributed by atoms with van der Waals surface area (Å²) in [6, 6.07) is 19.3. The third-order valence-corrected chi connectivity index (χ3v) is 5.89. The number of sulfonamides is 1. The van der Waals surface area contributed by atoms with Crippen LogP contribution >= 0.6 is 0 Å². The number of aromatic nitrogens is 1. The van der Waals surface area contributed by atoms with Gasteiger partial charge in [-0.2, -0.15) is 0 Å². The Morgan fingerprint density at radius 2 is 1.75 bits per heavy atom. The lowest BCUT2D eigenvalue weighted by Gasteiger charge is -2.18. The summed E-state index contributed by atoms with van der Waals surface area (Å²) in [4.78, 5) is 18.5. The number of carbonyl (C=O) groups is 1. The Balaban J connectivity index is 1.27. The van der Waals surface area contributed by atoms with E-state index >= 15 is 0 Å². The number of amides is 2. The molecule has 0 unspecified atom stereocenters. The fourth-order valence-corrected chi connectivity index (χ4v) is 3.85. The first-order valence-corrected chi connectivity index (χ1v) is 11.6. The number of benzene rings is 2. The molecule has 0 saturated carbocycles. The lowest BCUT2D eigenvalue weighted by Crippen LogP contribution is -2.39. The summed E-state index contributed by atoms with van der Waals surface area (Å²) in [6.45, 7) is 1.26. The van der Waals surface area contributed by atoms with Gasteiger partial charge in [0.15, 0.2) is 0 Å². The predicted molar refractivity (Wildman–Crippen MR) is 121 cm³/mol. The van der Waals surface area contributed by atoms with Gasteiger partial charge in [0.05, 0.1) is 0 Å². The number of ether oxygens (including phenoxy) is 1. The normalized spacial score (nSPS) is 15.9. The highest BCUT2D eigenvalue weighted by molar-refractivity contribution is 7.89. The number of urea groups is 1. The minimum atomic E-state index is -3.77. The molecule has 166 valence electrons. The third-order valence-electron chi connectivity index (χ3n) is 4.99. The first kappa shape index (κ1) is 21.6. The van der Waals surface area contributed by atoms with Crippen molar-refractivity contribution < 1.29 is 17.9 Å². The van der Waals surface area contributed by atoms with E-state index in [1.165, 1.54) is 12.3 Å². The zero-order chi connectivity index (χ0) is 22.6. The third kappa shape index (κ3) is 5.54. The zero-order valence-corrected chi connectivity index (χ0v) is 18.0. The minimum Gasteiger partial charge on any atom is -0.457 e. The van der Waals surface area contributed by atoms with Crippen LogP contribution in [0.2, 0.25) is 0 Å². The lowest BCUT2D eigenvalue weighted by molar-refractivity contribution is 0.249. The molecule has 1 atom stereocenters. The summed E-state index contributed by atoms with van der Waals surface area (Å²) in [5.74, 6) is 2.05. The maximum Gasteiger partial charge on any atom is 0.319 e. The Hall–Kier alpha value is -3.63. The number of hydrogen-bond acceptors (Lipinski definition) is 6. The van der Waals surface area contributed by atoms with Gasteiger partial charge in [-0.15, -0.1) is 0 Å². The van der Waals surface area contributed by atoms with E-state index in [1.54, 1.807) is 30.3 Å². The number of nitrogens with one attached hydrogen (secondary N) is 2. The predicted octanol–water partition coefficient (Wildman–Crippen LogP) is 2.92. The van der Waals surface area contributed by atoms with Crippen molar-refractivity contribution >= 4 is 27.6 Å². The van der Waals surface area contributed by atoms with Crippen LogP contribution in [0.5, 0.6) is 11.5 Å². The highest BCUT2D eigenvalue weighted by Gasteiger charge is 2.25. The highest BCUT2D eigenvalue weighted by Crippen LogP contribution is 2.23. The Kier molecular flexibility index (Phi) is 6.24. The molecule has 1 saturated heterocycles. The van der Waals surface area contributed by atoms with Crippen molar-refractivity contribution in [3.05, 3.63) is 72.9 Å². The quantitative estimate of drug-likeness (QED) is 0.527. The molecule has 3 aromatic rings. The molecule has 0 bridgehead atoms. The van der Waals surface area contributed by atoms with Gasteiger partial charge in [0, 0.05) is 31.0 Å². The number of anilines is 2. The van der Waals surface area contributed by atoms with Crippen LogP contribution in [-0.4, -0.2) is 38.6 Å². The van der Waals surface area contributed by atoms with Crippen molar-refractivity contribution in [3.63, 3.8) is 0 Å². The van der Waals surface area contributed by atoms with E-state index in [4.69, 9.17) is 9.88 Å². The summed E-state index contributed by atoms with van der Waals surface area (Å²) in [5.41, 5.74) is 0.651. The second-order valence-corrected chi connectivity index (χ2v) is 8.93. The van der Waals surface area contributed by atoms with Gasteiger partial charge < -0.3 is 20.3 Å². The summed E-state index contributed by atoms with van der Waals surface area (Å²) in [7, 11) is -3.77. The molecular formula is C22H23N5O4S. The number of nitrogens with two attached hydrogens (primary N) is 1. The molecule has 4 rings (SSSR count). The second-order valence-electron chi connectivity index (χ2n) is 7.37. The van der Waals surface area contributed by atoms with Crippen LogP contribution in [0.4, 0.5) is 16.3 Å². The molecule has 32 heavy (non-hydrogen) atoms. The van der Waals surface area contributed by atoms with Crippen LogP contribution in [0.15, 0.2) is 77.8 Å². The monoisotopic (exact) mass is 453 g/mol. The molecule has 1 aliphatic rings. The highest BCUT2D eigenvalue weighted by atomic mass is 32.2. The molecule has 10 heteroatoms. The standard InChI is InChI=1S/C22H23N5O4S/c23-32(29,30)20-10-11-21(24-14-20)27-13-12-17(15-27)26-22(28)25-16-6-8-19(9-7-16)31-18-4-2-1-3-5-18/h1-11,14,17H,12-13,15H2,(H2,23,29,30)(H2,25,26,28)/t17-/m1/s1.